The lowest BCUT2D eigenvalue weighted by Crippen LogP contribution is -2.41. The Morgan fingerprint density at radius 2 is 1.84 bits per heavy atom. The normalized spacial score (nSPS) is 18.6. The van der Waals surface area contributed by atoms with Gasteiger partial charge in [-0.05, 0) is 29.1 Å². The number of hydrogen-bond donors (Lipinski definition) is 0. The first-order valence-corrected chi connectivity index (χ1v) is 10.6. The SMILES string of the molecule is COc1ccc2cc3[n+](cc2c1N1CCC(F)(F)CC1)CCc1cc2c(cc1-3)OCO2. The molecule has 6 rings (SSSR count). The van der Waals surface area contributed by atoms with Crippen LogP contribution < -0.4 is 23.7 Å². The fourth-order valence-corrected chi connectivity index (χ4v) is 4.96. The Balaban J connectivity index is 1.49. The van der Waals surface area contributed by atoms with Gasteiger partial charge in [0.05, 0.1) is 23.7 Å². The van der Waals surface area contributed by atoms with Crippen molar-refractivity contribution < 1.29 is 27.6 Å². The number of benzene rings is 2. The summed E-state index contributed by atoms with van der Waals surface area (Å²) in [7, 11) is 1.63. The van der Waals surface area contributed by atoms with Crippen LogP contribution in [0, 0.1) is 0 Å². The first kappa shape index (κ1) is 18.7. The molecule has 1 saturated heterocycles. The van der Waals surface area contributed by atoms with Crippen LogP contribution >= 0.6 is 0 Å². The summed E-state index contributed by atoms with van der Waals surface area (Å²) in [6.07, 6.45) is 2.77. The van der Waals surface area contributed by atoms with Gasteiger partial charge in [0.25, 0.3) is 5.92 Å². The number of alkyl halides is 2. The van der Waals surface area contributed by atoms with E-state index in [4.69, 9.17) is 14.2 Å². The van der Waals surface area contributed by atoms with Gasteiger partial charge in [0.15, 0.2) is 24.2 Å². The zero-order valence-electron chi connectivity index (χ0n) is 17.3. The van der Waals surface area contributed by atoms with Crippen molar-refractivity contribution in [2.24, 2.45) is 0 Å². The maximum Gasteiger partial charge on any atom is 0.251 e. The van der Waals surface area contributed by atoms with Crippen LogP contribution in [0.5, 0.6) is 17.2 Å². The van der Waals surface area contributed by atoms with Crippen molar-refractivity contribution in [1.82, 2.24) is 0 Å². The third-order valence-corrected chi connectivity index (χ3v) is 6.63. The van der Waals surface area contributed by atoms with E-state index in [0.717, 1.165) is 57.9 Å². The smallest absolute Gasteiger partial charge is 0.251 e. The molecular formula is C24H23F2N2O3+. The average Bonchev–Trinajstić information content (AvgIpc) is 3.23. The molecule has 31 heavy (non-hydrogen) atoms. The third-order valence-electron chi connectivity index (χ3n) is 6.63. The number of fused-ring (bicyclic) bond motifs is 5. The molecule has 1 aromatic heterocycles. The van der Waals surface area contributed by atoms with Crippen LogP contribution in [0.2, 0.25) is 0 Å². The third kappa shape index (κ3) is 2.98. The number of ether oxygens (including phenoxy) is 3. The number of rotatable bonds is 2. The van der Waals surface area contributed by atoms with Gasteiger partial charge in [-0.2, -0.15) is 4.57 Å². The molecule has 0 N–H and O–H groups in total. The topological polar surface area (TPSA) is 34.8 Å². The summed E-state index contributed by atoms with van der Waals surface area (Å²) < 4.78 is 46.6. The zero-order chi connectivity index (χ0) is 21.2. The predicted molar refractivity (Wildman–Crippen MR) is 112 cm³/mol. The predicted octanol–water partition coefficient (Wildman–Crippen LogP) is 4.32. The van der Waals surface area contributed by atoms with E-state index < -0.39 is 5.92 Å². The van der Waals surface area contributed by atoms with E-state index in [1.165, 1.54) is 5.56 Å². The molecule has 0 unspecified atom stereocenters. The minimum absolute atomic E-state index is 0.134. The molecule has 0 saturated carbocycles. The lowest BCUT2D eigenvalue weighted by molar-refractivity contribution is -0.686. The Morgan fingerprint density at radius 3 is 2.61 bits per heavy atom. The number of piperidine rings is 1. The van der Waals surface area contributed by atoms with Gasteiger partial charge in [0, 0.05) is 38.4 Å². The highest BCUT2D eigenvalue weighted by molar-refractivity contribution is 5.98. The molecule has 2 aromatic carbocycles. The van der Waals surface area contributed by atoms with Crippen molar-refractivity contribution in [1.29, 1.82) is 0 Å². The Bertz CT molecular complexity index is 1200. The van der Waals surface area contributed by atoms with Crippen molar-refractivity contribution in [3.8, 4) is 28.5 Å². The Hall–Kier alpha value is -3.09. The van der Waals surface area contributed by atoms with Crippen LogP contribution in [-0.2, 0) is 13.0 Å². The van der Waals surface area contributed by atoms with Crippen molar-refractivity contribution in [2.75, 3.05) is 31.9 Å². The van der Waals surface area contributed by atoms with Gasteiger partial charge in [-0.15, -0.1) is 0 Å². The lowest BCUT2D eigenvalue weighted by atomic mass is 9.94. The molecule has 0 bridgehead atoms. The number of halogens is 2. The van der Waals surface area contributed by atoms with E-state index in [9.17, 15) is 8.78 Å². The summed E-state index contributed by atoms with van der Waals surface area (Å²) >= 11 is 0. The molecule has 0 amide bonds. The largest absolute Gasteiger partial charge is 0.495 e. The minimum Gasteiger partial charge on any atom is -0.495 e. The summed E-state index contributed by atoms with van der Waals surface area (Å²) in [5, 5.41) is 2.09. The molecule has 160 valence electrons. The highest BCUT2D eigenvalue weighted by Gasteiger charge is 2.36. The first-order valence-electron chi connectivity index (χ1n) is 10.6. The molecule has 0 atom stereocenters. The van der Waals surface area contributed by atoms with E-state index in [1.54, 1.807) is 7.11 Å². The number of aryl methyl sites for hydroxylation is 2. The molecule has 7 heteroatoms. The zero-order valence-corrected chi connectivity index (χ0v) is 17.3. The van der Waals surface area contributed by atoms with Crippen LogP contribution in [0.25, 0.3) is 22.0 Å². The van der Waals surface area contributed by atoms with Gasteiger partial charge >= 0.3 is 0 Å². The van der Waals surface area contributed by atoms with Crippen LogP contribution in [-0.4, -0.2) is 32.9 Å². The number of nitrogens with zero attached hydrogens (tertiary/aromatic N) is 2. The molecule has 0 spiro atoms. The van der Waals surface area contributed by atoms with Crippen LogP contribution in [0.3, 0.4) is 0 Å². The number of pyridine rings is 1. The van der Waals surface area contributed by atoms with E-state index in [1.807, 2.05) is 17.0 Å². The summed E-state index contributed by atoms with van der Waals surface area (Å²) in [5.74, 6) is -0.283. The fraction of sp³-hybridized carbons (Fsp3) is 0.375. The van der Waals surface area contributed by atoms with Crippen LogP contribution in [0.1, 0.15) is 18.4 Å². The van der Waals surface area contributed by atoms with E-state index in [2.05, 4.69) is 29.0 Å². The second-order valence-electron chi connectivity index (χ2n) is 8.43. The fourth-order valence-electron chi connectivity index (χ4n) is 4.96. The van der Waals surface area contributed by atoms with Crippen molar-refractivity contribution >= 4 is 16.5 Å². The molecule has 3 aliphatic heterocycles. The van der Waals surface area contributed by atoms with Crippen LogP contribution in [0.4, 0.5) is 14.5 Å². The maximum absolute atomic E-state index is 13.8. The van der Waals surface area contributed by atoms with Crippen molar-refractivity contribution in [3.63, 3.8) is 0 Å². The van der Waals surface area contributed by atoms with Crippen LogP contribution in [0.15, 0.2) is 36.5 Å². The van der Waals surface area contributed by atoms with Gasteiger partial charge in [0.1, 0.15) is 5.75 Å². The lowest BCUT2D eigenvalue weighted by Gasteiger charge is -2.34. The second kappa shape index (κ2) is 6.70. The Labute approximate surface area is 178 Å². The Kier molecular flexibility index (Phi) is 4.04. The molecule has 3 aliphatic rings. The molecule has 0 aliphatic carbocycles. The molecule has 3 aromatic rings. The number of anilines is 1. The van der Waals surface area contributed by atoms with E-state index in [0.29, 0.717) is 13.1 Å². The summed E-state index contributed by atoms with van der Waals surface area (Å²) in [6, 6.07) is 10.3. The Morgan fingerprint density at radius 1 is 1.06 bits per heavy atom. The standard InChI is InChI=1S/C24H23F2N2O3/c1-29-20-3-2-15-10-19-17-12-22-21(30-14-31-22)11-16(17)4-7-28(19)13-18(15)23(20)27-8-5-24(25,26)6-9-27/h2-3,10-13H,4-9,14H2,1H3/q+1. The molecule has 1 fully saturated rings. The highest BCUT2D eigenvalue weighted by atomic mass is 19.3. The average molecular weight is 425 g/mol. The summed E-state index contributed by atoms with van der Waals surface area (Å²) in [6.45, 7) is 1.73. The first-order chi connectivity index (χ1) is 15.0. The van der Waals surface area contributed by atoms with Gasteiger partial charge in [-0.25, -0.2) is 8.78 Å². The number of hydrogen-bond acceptors (Lipinski definition) is 4. The van der Waals surface area contributed by atoms with E-state index >= 15 is 0 Å². The minimum atomic E-state index is -2.59. The molecule has 0 radical (unpaired) electrons. The summed E-state index contributed by atoms with van der Waals surface area (Å²) in [5.41, 5.74) is 4.42. The van der Waals surface area contributed by atoms with Gasteiger partial charge in [-0.1, -0.05) is 6.07 Å². The van der Waals surface area contributed by atoms with Crippen molar-refractivity contribution in [2.45, 2.75) is 31.7 Å². The van der Waals surface area contributed by atoms with Gasteiger partial charge < -0.3 is 19.1 Å². The molecule has 4 heterocycles. The maximum atomic E-state index is 13.8. The second-order valence-corrected chi connectivity index (χ2v) is 8.43. The van der Waals surface area contributed by atoms with E-state index in [-0.39, 0.29) is 19.6 Å². The van der Waals surface area contributed by atoms with Gasteiger partial charge in [-0.3, -0.25) is 0 Å². The summed E-state index contributed by atoms with van der Waals surface area (Å²) in [4.78, 5) is 2.04. The quantitative estimate of drug-likeness (QED) is 0.573. The van der Waals surface area contributed by atoms with Crippen molar-refractivity contribution in [3.05, 3.63) is 42.1 Å². The van der Waals surface area contributed by atoms with Gasteiger partial charge in [0.2, 0.25) is 12.5 Å². The molecule has 5 nitrogen and oxygen atoms in total. The molecular weight excluding hydrogens is 402 g/mol. The number of methoxy groups -OCH3 is 1. The monoisotopic (exact) mass is 425 g/mol. The number of aromatic nitrogens is 1. The highest BCUT2D eigenvalue weighted by Crippen LogP contribution is 2.43.